The molecule has 0 aromatic heterocycles. The van der Waals surface area contributed by atoms with E-state index in [1.807, 2.05) is 13.8 Å². The maximum atomic E-state index is 11.0. The van der Waals surface area contributed by atoms with E-state index in [1.165, 1.54) is 0 Å². The summed E-state index contributed by atoms with van der Waals surface area (Å²) in [7, 11) is -3.33. The highest BCUT2D eigenvalue weighted by Crippen LogP contribution is 2.31. The van der Waals surface area contributed by atoms with Crippen LogP contribution in [-0.4, -0.2) is 43.8 Å². The van der Waals surface area contributed by atoms with Gasteiger partial charge in [-0.1, -0.05) is 0 Å². The molecule has 0 N–H and O–H groups in total. The summed E-state index contributed by atoms with van der Waals surface area (Å²) in [6, 6.07) is 0.791. The Morgan fingerprint density at radius 3 is 1.93 bits per heavy atom. The largest absolute Gasteiger partial charge is 0.290 e. The van der Waals surface area contributed by atoms with Gasteiger partial charge in [-0.15, -0.1) is 0 Å². The summed E-state index contributed by atoms with van der Waals surface area (Å²) in [4.78, 5) is 2.25. The molecule has 5 heteroatoms. The van der Waals surface area contributed by atoms with Gasteiger partial charge >= 0.3 is 0 Å². The second kappa shape index (κ2) is 3.79. The monoisotopic (exact) mass is 221 g/mol. The third-order valence-electron chi connectivity index (χ3n) is 2.77. The minimum atomic E-state index is -3.33. The van der Waals surface area contributed by atoms with Crippen molar-refractivity contribution in [2.45, 2.75) is 51.9 Å². The first-order valence-electron chi connectivity index (χ1n) is 4.89. The lowest BCUT2D eigenvalue weighted by molar-refractivity contribution is -0.102. The van der Waals surface area contributed by atoms with Gasteiger partial charge in [-0.05, 0) is 27.7 Å². The van der Waals surface area contributed by atoms with Crippen LogP contribution in [0, 0.1) is 0 Å². The minimum absolute atomic E-state index is 0.180. The van der Waals surface area contributed by atoms with Gasteiger partial charge in [0.2, 0.25) is 0 Å². The van der Waals surface area contributed by atoms with E-state index in [9.17, 15) is 8.42 Å². The lowest BCUT2D eigenvalue weighted by Gasteiger charge is -2.53. The Kier molecular flexibility index (Phi) is 3.23. The molecule has 2 unspecified atom stereocenters. The Balaban J connectivity index is 2.62. The second-order valence-electron chi connectivity index (χ2n) is 4.29. The predicted molar refractivity (Wildman–Crippen MR) is 55.6 cm³/mol. The molecule has 0 saturated carbocycles. The van der Waals surface area contributed by atoms with Crippen LogP contribution in [0.1, 0.15) is 27.7 Å². The molecule has 0 aromatic carbocycles. The first kappa shape index (κ1) is 11.9. The number of hydrogen-bond donors (Lipinski definition) is 0. The summed E-state index contributed by atoms with van der Waals surface area (Å²) >= 11 is 0. The Labute approximate surface area is 86.4 Å². The van der Waals surface area contributed by atoms with Crippen molar-refractivity contribution in [3.63, 3.8) is 0 Å². The fourth-order valence-electron chi connectivity index (χ4n) is 2.31. The third kappa shape index (κ3) is 2.27. The van der Waals surface area contributed by atoms with E-state index in [2.05, 4.69) is 18.7 Å². The van der Waals surface area contributed by atoms with E-state index in [-0.39, 0.29) is 18.2 Å². The van der Waals surface area contributed by atoms with Crippen LogP contribution in [0.5, 0.6) is 0 Å². The van der Waals surface area contributed by atoms with E-state index in [4.69, 9.17) is 4.18 Å². The van der Waals surface area contributed by atoms with Crippen molar-refractivity contribution in [3.05, 3.63) is 0 Å². The van der Waals surface area contributed by atoms with Crippen LogP contribution in [0.2, 0.25) is 0 Å². The van der Waals surface area contributed by atoms with E-state index >= 15 is 0 Å². The second-order valence-corrected chi connectivity index (χ2v) is 5.89. The number of rotatable bonds is 3. The Hall–Kier alpha value is -0.130. The van der Waals surface area contributed by atoms with E-state index in [1.54, 1.807) is 0 Å². The molecule has 0 amide bonds. The zero-order valence-corrected chi connectivity index (χ0v) is 10.2. The van der Waals surface area contributed by atoms with Crippen molar-refractivity contribution in [2.24, 2.45) is 0 Å². The van der Waals surface area contributed by atoms with Gasteiger partial charge < -0.3 is 0 Å². The molecular weight excluding hydrogens is 202 g/mol. The van der Waals surface area contributed by atoms with Gasteiger partial charge in [0.1, 0.15) is 6.10 Å². The van der Waals surface area contributed by atoms with Crippen molar-refractivity contribution >= 4 is 10.1 Å². The van der Waals surface area contributed by atoms with Crippen LogP contribution >= 0.6 is 0 Å². The smallest absolute Gasteiger partial charge is 0.264 e. The number of nitrogens with zero attached hydrogens (tertiary/aromatic N) is 1. The molecule has 2 atom stereocenters. The van der Waals surface area contributed by atoms with Gasteiger partial charge in [-0.2, -0.15) is 8.42 Å². The maximum Gasteiger partial charge on any atom is 0.264 e. The van der Waals surface area contributed by atoms with Crippen LogP contribution in [0.25, 0.3) is 0 Å². The Morgan fingerprint density at radius 2 is 1.64 bits per heavy atom. The average Bonchev–Trinajstić information content (AvgIpc) is 1.98. The molecule has 1 aliphatic heterocycles. The molecule has 1 fully saturated rings. The molecule has 0 radical (unpaired) electrons. The highest BCUT2D eigenvalue weighted by Gasteiger charge is 2.46. The molecule has 0 aromatic rings. The summed E-state index contributed by atoms with van der Waals surface area (Å²) in [5.74, 6) is 0. The fraction of sp³-hybridized carbons (Fsp3) is 1.00. The van der Waals surface area contributed by atoms with Crippen LogP contribution in [0.15, 0.2) is 0 Å². The fourth-order valence-corrected chi connectivity index (χ4v) is 3.04. The highest BCUT2D eigenvalue weighted by atomic mass is 32.2. The molecule has 1 saturated heterocycles. The van der Waals surface area contributed by atoms with Crippen LogP contribution in [0.4, 0.5) is 0 Å². The SMILES string of the molecule is CC(C)N1C(C)C(OS(C)(=O)=O)C1C. The summed E-state index contributed by atoms with van der Waals surface area (Å²) in [5, 5.41) is 0. The summed E-state index contributed by atoms with van der Waals surface area (Å²) in [5.41, 5.74) is 0. The average molecular weight is 221 g/mol. The van der Waals surface area contributed by atoms with Gasteiger partial charge in [0.25, 0.3) is 10.1 Å². The number of hydrogen-bond acceptors (Lipinski definition) is 4. The van der Waals surface area contributed by atoms with Crippen molar-refractivity contribution in [2.75, 3.05) is 6.26 Å². The molecule has 0 aliphatic carbocycles. The van der Waals surface area contributed by atoms with Crippen LogP contribution < -0.4 is 0 Å². The van der Waals surface area contributed by atoms with E-state index in [0.717, 1.165) is 6.26 Å². The maximum absolute atomic E-state index is 11.0. The van der Waals surface area contributed by atoms with Gasteiger partial charge in [-0.3, -0.25) is 9.08 Å². The van der Waals surface area contributed by atoms with E-state index < -0.39 is 10.1 Å². The molecule has 1 aliphatic rings. The first-order valence-corrected chi connectivity index (χ1v) is 6.71. The Morgan fingerprint density at radius 1 is 1.21 bits per heavy atom. The quantitative estimate of drug-likeness (QED) is 0.662. The van der Waals surface area contributed by atoms with Gasteiger partial charge in [0, 0.05) is 18.1 Å². The highest BCUT2D eigenvalue weighted by molar-refractivity contribution is 7.86. The topological polar surface area (TPSA) is 46.6 Å². The van der Waals surface area contributed by atoms with Crippen molar-refractivity contribution in [1.29, 1.82) is 0 Å². The lowest BCUT2D eigenvalue weighted by atomic mass is 9.90. The molecular formula is C9H19NO3S. The molecule has 1 heterocycles. The van der Waals surface area contributed by atoms with E-state index in [0.29, 0.717) is 6.04 Å². The molecule has 84 valence electrons. The zero-order valence-electron chi connectivity index (χ0n) is 9.39. The predicted octanol–water partition coefficient (Wildman–Crippen LogP) is 0.832. The zero-order chi connectivity index (χ0) is 11.1. The normalized spacial score (nSPS) is 34.6. The summed E-state index contributed by atoms with van der Waals surface area (Å²) < 4.78 is 26.9. The van der Waals surface area contributed by atoms with Crippen LogP contribution in [-0.2, 0) is 14.3 Å². The van der Waals surface area contributed by atoms with Crippen molar-refractivity contribution in [3.8, 4) is 0 Å². The molecule has 1 rings (SSSR count). The first-order chi connectivity index (χ1) is 6.24. The number of likely N-dealkylation sites (tertiary alicyclic amines) is 1. The van der Waals surface area contributed by atoms with Crippen molar-refractivity contribution in [1.82, 2.24) is 4.90 Å². The molecule has 4 nitrogen and oxygen atoms in total. The van der Waals surface area contributed by atoms with Crippen molar-refractivity contribution < 1.29 is 12.6 Å². The van der Waals surface area contributed by atoms with Gasteiger partial charge in [0.15, 0.2) is 0 Å². The third-order valence-corrected chi connectivity index (χ3v) is 3.35. The van der Waals surface area contributed by atoms with Gasteiger partial charge in [0.05, 0.1) is 6.26 Å². The summed E-state index contributed by atoms with van der Waals surface area (Å²) in [6.45, 7) is 8.19. The lowest BCUT2D eigenvalue weighted by Crippen LogP contribution is -2.68. The Bertz CT molecular complexity index is 289. The summed E-state index contributed by atoms with van der Waals surface area (Å²) in [6.07, 6.45) is 0.914. The van der Waals surface area contributed by atoms with Crippen LogP contribution in [0.3, 0.4) is 0 Å². The standard InChI is InChI=1S/C9H19NO3S/c1-6(2)10-7(3)9(8(10)4)13-14(5,11)12/h6-9H,1-5H3. The minimum Gasteiger partial charge on any atom is -0.290 e. The van der Waals surface area contributed by atoms with Gasteiger partial charge in [-0.25, -0.2) is 0 Å². The molecule has 0 bridgehead atoms. The molecule has 14 heavy (non-hydrogen) atoms. The molecule has 0 spiro atoms.